The summed E-state index contributed by atoms with van der Waals surface area (Å²) in [6.45, 7) is 13.3. The quantitative estimate of drug-likeness (QED) is 0.572. The maximum atomic E-state index is 12.4. The predicted octanol–water partition coefficient (Wildman–Crippen LogP) is 4.76. The number of piperidine rings is 1. The van der Waals surface area contributed by atoms with Gasteiger partial charge in [-0.3, -0.25) is 9.69 Å². The molecule has 4 heterocycles. The van der Waals surface area contributed by atoms with E-state index in [9.17, 15) is 4.79 Å². The van der Waals surface area contributed by atoms with Gasteiger partial charge in [0, 0.05) is 35.3 Å². The Hall–Kier alpha value is -2.57. The molecular weight excluding hydrogens is 426 g/mol. The number of hydrogen-bond acceptors (Lipinski definition) is 4. The van der Waals surface area contributed by atoms with E-state index >= 15 is 0 Å². The molecule has 182 valence electrons. The normalized spacial score (nSPS) is 18.1. The second-order valence-corrected chi connectivity index (χ2v) is 10.5. The average molecular weight is 464 g/mol. The van der Waals surface area contributed by atoms with E-state index in [1.165, 1.54) is 23.8 Å². The third kappa shape index (κ3) is 4.18. The second-order valence-electron chi connectivity index (χ2n) is 10.5. The molecule has 0 radical (unpaired) electrons. The Balaban J connectivity index is 1.38. The molecule has 1 aromatic carbocycles. The number of fused-ring (bicyclic) bond motifs is 1. The molecule has 0 atom stereocenters. The maximum Gasteiger partial charge on any atom is 0.253 e. The third-order valence-electron chi connectivity index (χ3n) is 7.86. The number of aromatic nitrogens is 2. The van der Waals surface area contributed by atoms with Gasteiger partial charge in [0.1, 0.15) is 5.75 Å². The predicted molar refractivity (Wildman–Crippen MR) is 137 cm³/mol. The lowest BCUT2D eigenvalue weighted by molar-refractivity contribution is -0.0750. The second kappa shape index (κ2) is 9.23. The van der Waals surface area contributed by atoms with E-state index in [0.29, 0.717) is 17.9 Å². The monoisotopic (exact) mass is 463 g/mol. The molecule has 2 aliphatic heterocycles. The van der Waals surface area contributed by atoms with Crippen molar-refractivity contribution in [3.05, 3.63) is 51.4 Å². The number of pyridine rings is 1. The van der Waals surface area contributed by atoms with Crippen LogP contribution in [0.4, 0.5) is 0 Å². The van der Waals surface area contributed by atoms with E-state index in [-0.39, 0.29) is 5.56 Å². The van der Waals surface area contributed by atoms with Gasteiger partial charge in [-0.1, -0.05) is 13.8 Å². The summed E-state index contributed by atoms with van der Waals surface area (Å²) in [6.07, 6.45) is 4.34. The molecular formula is C28H37N3O3. The lowest BCUT2D eigenvalue weighted by atomic mass is 9.94. The topological polar surface area (TPSA) is 59.5 Å². The van der Waals surface area contributed by atoms with Crippen LogP contribution in [0.15, 0.2) is 29.2 Å². The summed E-state index contributed by atoms with van der Waals surface area (Å²) in [5.74, 6) is 1.87. The molecule has 6 nitrogen and oxygen atoms in total. The lowest BCUT2D eigenvalue weighted by Gasteiger charge is -2.41. The van der Waals surface area contributed by atoms with E-state index < -0.39 is 0 Å². The molecule has 2 aromatic heterocycles. The van der Waals surface area contributed by atoms with Crippen LogP contribution >= 0.6 is 0 Å². The van der Waals surface area contributed by atoms with Crippen LogP contribution in [0.25, 0.3) is 22.2 Å². The smallest absolute Gasteiger partial charge is 0.253 e. The number of aryl methyl sites for hydroxylation is 1. The Morgan fingerprint density at radius 1 is 1.15 bits per heavy atom. The number of benzene rings is 1. The van der Waals surface area contributed by atoms with Crippen molar-refractivity contribution in [2.45, 2.75) is 52.5 Å². The van der Waals surface area contributed by atoms with Crippen LogP contribution in [0.2, 0.25) is 0 Å². The number of nitrogens with one attached hydrogen (secondary N) is 1. The Morgan fingerprint density at radius 2 is 1.88 bits per heavy atom. The Morgan fingerprint density at radius 3 is 2.53 bits per heavy atom. The zero-order chi connectivity index (χ0) is 24.0. The van der Waals surface area contributed by atoms with Crippen molar-refractivity contribution < 1.29 is 9.47 Å². The fourth-order valence-electron chi connectivity index (χ4n) is 5.45. The zero-order valence-corrected chi connectivity index (χ0v) is 21.1. The van der Waals surface area contributed by atoms with Gasteiger partial charge in [-0.15, -0.1) is 0 Å². The molecule has 2 saturated heterocycles. The summed E-state index contributed by atoms with van der Waals surface area (Å²) in [4.78, 5) is 18.6. The molecule has 0 aliphatic carbocycles. The number of ether oxygens (including phenoxy) is 2. The van der Waals surface area contributed by atoms with Gasteiger partial charge in [0.15, 0.2) is 0 Å². The van der Waals surface area contributed by atoms with Gasteiger partial charge >= 0.3 is 0 Å². The Labute approximate surface area is 201 Å². The molecule has 0 bridgehead atoms. The number of hydrogen-bond donors (Lipinski definition) is 1. The highest BCUT2D eigenvalue weighted by molar-refractivity contribution is 5.92. The fourth-order valence-corrected chi connectivity index (χ4v) is 5.45. The summed E-state index contributed by atoms with van der Waals surface area (Å²) in [5, 5.41) is 1.20. The van der Waals surface area contributed by atoms with Gasteiger partial charge in [-0.25, -0.2) is 0 Å². The molecule has 5 rings (SSSR count). The zero-order valence-electron chi connectivity index (χ0n) is 21.1. The highest BCUT2D eigenvalue weighted by Gasteiger charge is 2.29. The van der Waals surface area contributed by atoms with Crippen molar-refractivity contribution in [1.29, 1.82) is 0 Å². The van der Waals surface area contributed by atoms with Crippen LogP contribution in [-0.4, -0.2) is 53.4 Å². The largest absolute Gasteiger partial charge is 0.493 e. The first-order chi connectivity index (χ1) is 16.3. The van der Waals surface area contributed by atoms with E-state index in [1.807, 2.05) is 27.1 Å². The average Bonchev–Trinajstić information content (AvgIpc) is 3.17. The van der Waals surface area contributed by atoms with Gasteiger partial charge in [0.2, 0.25) is 0 Å². The van der Waals surface area contributed by atoms with Crippen LogP contribution in [-0.2, 0) is 11.8 Å². The summed E-state index contributed by atoms with van der Waals surface area (Å²) >= 11 is 0. The van der Waals surface area contributed by atoms with Crippen molar-refractivity contribution in [2.75, 3.05) is 32.9 Å². The van der Waals surface area contributed by atoms with Gasteiger partial charge < -0.3 is 19.0 Å². The van der Waals surface area contributed by atoms with Crippen molar-refractivity contribution in [1.82, 2.24) is 14.5 Å². The minimum Gasteiger partial charge on any atom is -0.493 e. The van der Waals surface area contributed by atoms with E-state index in [0.717, 1.165) is 66.6 Å². The van der Waals surface area contributed by atoms with Gasteiger partial charge in [0.25, 0.3) is 5.56 Å². The van der Waals surface area contributed by atoms with Gasteiger partial charge in [0.05, 0.1) is 31.6 Å². The highest BCUT2D eigenvalue weighted by atomic mass is 16.5. The van der Waals surface area contributed by atoms with Crippen molar-refractivity contribution in [3.63, 3.8) is 0 Å². The first-order valence-corrected chi connectivity index (χ1v) is 12.6. The van der Waals surface area contributed by atoms with Crippen molar-refractivity contribution >= 4 is 10.9 Å². The van der Waals surface area contributed by atoms with Crippen LogP contribution in [0.1, 0.15) is 49.3 Å². The van der Waals surface area contributed by atoms with Gasteiger partial charge in [-0.05, 0) is 80.9 Å². The molecule has 2 aliphatic rings. The third-order valence-corrected chi connectivity index (χ3v) is 7.86. The van der Waals surface area contributed by atoms with Crippen LogP contribution < -0.4 is 10.3 Å². The standard InChI is InChI=1S/C28H37N3O3/c1-17(2)26-23-12-22(34-14-20-8-10-31(11-9-20)21-15-33-16-21)6-7-25(23)29-27(26)24-13-30(5)28(32)19(4)18(24)3/h6-7,12-13,17,20-21,29H,8-11,14-16H2,1-5H3. The van der Waals surface area contributed by atoms with Crippen LogP contribution in [0.5, 0.6) is 5.75 Å². The van der Waals surface area contributed by atoms with Gasteiger partial charge in [-0.2, -0.15) is 0 Å². The molecule has 3 aromatic rings. The molecule has 1 N–H and O–H groups in total. The molecule has 0 saturated carbocycles. The minimum absolute atomic E-state index is 0.0611. The number of rotatable bonds is 6. The Bertz CT molecular complexity index is 1240. The first kappa shape index (κ1) is 23.2. The van der Waals surface area contributed by atoms with Crippen molar-refractivity contribution in [2.24, 2.45) is 13.0 Å². The summed E-state index contributed by atoms with van der Waals surface area (Å²) in [5.41, 5.74) is 6.47. The minimum atomic E-state index is 0.0611. The molecule has 34 heavy (non-hydrogen) atoms. The molecule has 0 amide bonds. The number of likely N-dealkylation sites (tertiary alicyclic amines) is 1. The molecule has 6 heteroatoms. The molecule has 0 spiro atoms. The Kier molecular flexibility index (Phi) is 6.30. The lowest BCUT2D eigenvalue weighted by Crippen LogP contribution is -2.52. The molecule has 2 fully saturated rings. The van der Waals surface area contributed by atoms with Crippen LogP contribution in [0.3, 0.4) is 0 Å². The number of nitrogens with zero attached hydrogens (tertiary/aromatic N) is 2. The van der Waals surface area contributed by atoms with E-state index in [2.05, 4.69) is 41.9 Å². The molecule has 0 unspecified atom stereocenters. The number of aromatic amines is 1. The first-order valence-electron chi connectivity index (χ1n) is 12.6. The highest BCUT2D eigenvalue weighted by Crippen LogP contribution is 2.38. The SMILES string of the molecule is Cc1c(-c2[nH]c3ccc(OCC4CCN(C5COC5)CC4)cc3c2C(C)C)cn(C)c(=O)c1C. The summed E-state index contributed by atoms with van der Waals surface area (Å²) in [6, 6.07) is 7.03. The van der Waals surface area contributed by atoms with Crippen molar-refractivity contribution in [3.8, 4) is 17.0 Å². The fraction of sp³-hybridized carbons (Fsp3) is 0.536. The summed E-state index contributed by atoms with van der Waals surface area (Å²) in [7, 11) is 1.83. The summed E-state index contributed by atoms with van der Waals surface area (Å²) < 4.78 is 13.4. The van der Waals surface area contributed by atoms with E-state index in [4.69, 9.17) is 9.47 Å². The van der Waals surface area contributed by atoms with Crippen LogP contribution in [0, 0.1) is 19.8 Å². The number of H-pyrrole nitrogens is 1. The van der Waals surface area contributed by atoms with E-state index in [1.54, 1.807) is 4.57 Å². The maximum absolute atomic E-state index is 12.4.